The normalized spacial score (nSPS) is 11.6. The highest BCUT2D eigenvalue weighted by atomic mass is 79.9. The number of hydrogen-bond donors (Lipinski definition) is 2. The first kappa shape index (κ1) is 20.8. The molecule has 142 valence electrons. The first-order valence-corrected chi connectivity index (χ1v) is 9.45. The zero-order valence-electron chi connectivity index (χ0n) is 14.7. The molecule has 0 saturated carbocycles. The van der Waals surface area contributed by atoms with Gasteiger partial charge in [-0.15, -0.1) is 0 Å². The van der Waals surface area contributed by atoms with E-state index in [-0.39, 0.29) is 18.7 Å². The molecule has 0 bridgehead atoms. The Hall–Kier alpha value is -2.54. The number of nitrogens with zero attached hydrogens (tertiary/aromatic N) is 1. The number of amides is 1. The molecule has 1 atom stereocenters. The largest absolute Gasteiger partial charge is 0.481 e. The number of hydrogen-bond acceptors (Lipinski definition) is 4. The van der Waals surface area contributed by atoms with Crippen molar-refractivity contribution in [2.24, 2.45) is 5.18 Å². The van der Waals surface area contributed by atoms with E-state index in [1.54, 1.807) is 24.3 Å². The Labute approximate surface area is 166 Å². The average molecular weight is 433 g/mol. The monoisotopic (exact) mass is 432 g/mol. The minimum Gasteiger partial charge on any atom is -0.481 e. The molecular weight excluding hydrogens is 412 g/mol. The van der Waals surface area contributed by atoms with Gasteiger partial charge in [-0.05, 0) is 54.7 Å². The van der Waals surface area contributed by atoms with Gasteiger partial charge in [-0.3, -0.25) is 9.59 Å². The Kier molecular flexibility index (Phi) is 8.13. The number of nitrogens with one attached hydrogen (secondary N) is 1. The number of halogens is 1. The van der Waals surface area contributed by atoms with Crippen LogP contribution < -0.4 is 5.32 Å². The Balaban J connectivity index is 1.80. The van der Waals surface area contributed by atoms with Gasteiger partial charge in [-0.1, -0.05) is 45.4 Å². The van der Waals surface area contributed by atoms with Crippen molar-refractivity contribution in [3.05, 3.63) is 69.0 Å². The van der Waals surface area contributed by atoms with Gasteiger partial charge in [0.2, 0.25) is 5.91 Å². The van der Waals surface area contributed by atoms with Gasteiger partial charge < -0.3 is 10.4 Å². The number of carbonyl (C=O) groups excluding carboxylic acids is 1. The van der Waals surface area contributed by atoms with Crippen molar-refractivity contribution in [3.63, 3.8) is 0 Å². The number of aliphatic carboxylic acids is 1. The molecule has 1 amide bonds. The van der Waals surface area contributed by atoms with E-state index in [0.717, 1.165) is 17.3 Å². The van der Waals surface area contributed by atoms with Crippen LogP contribution in [0.2, 0.25) is 0 Å². The maximum Gasteiger partial charge on any atom is 0.303 e. The topological polar surface area (TPSA) is 95.8 Å². The lowest BCUT2D eigenvalue weighted by Gasteiger charge is -2.10. The van der Waals surface area contributed by atoms with Crippen LogP contribution in [-0.4, -0.2) is 17.0 Å². The summed E-state index contributed by atoms with van der Waals surface area (Å²) >= 11 is 3.39. The molecule has 0 aromatic heterocycles. The molecule has 0 radical (unpaired) electrons. The molecule has 0 aliphatic carbocycles. The molecule has 2 aromatic carbocycles. The number of nitroso groups, excluding NO2 is 1. The minimum absolute atomic E-state index is 0.0733. The highest BCUT2D eigenvalue weighted by Crippen LogP contribution is 2.24. The molecule has 2 aromatic rings. The minimum atomic E-state index is -0.962. The van der Waals surface area contributed by atoms with Gasteiger partial charge in [0.15, 0.2) is 0 Å². The van der Waals surface area contributed by atoms with E-state index in [4.69, 9.17) is 5.11 Å². The molecule has 0 aliphatic rings. The lowest BCUT2D eigenvalue weighted by atomic mass is 10.0. The Morgan fingerprint density at radius 1 is 1.04 bits per heavy atom. The summed E-state index contributed by atoms with van der Waals surface area (Å²) in [7, 11) is 0. The van der Waals surface area contributed by atoms with Gasteiger partial charge in [-0.25, -0.2) is 0 Å². The van der Waals surface area contributed by atoms with Crippen LogP contribution >= 0.6 is 15.9 Å². The molecule has 0 fully saturated rings. The number of carboxylic acids is 1. The lowest BCUT2D eigenvalue weighted by Crippen LogP contribution is -2.11. The summed E-state index contributed by atoms with van der Waals surface area (Å²) in [6.45, 7) is 0. The number of rotatable bonds is 10. The van der Waals surface area contributed by atoms with Crippen molar-refractivity contribution in [1.82, 2.24) is 0 Å². The van der Waals surface area contributed by atoms with Gasteiger partial charge in [0.05, 0.1) is 0 Å². The average Bonchev–Trinajstić information content (AvgIpc) is 2.65. The first-order valence-electron chi connectivity index (χ1n) is 8.66. The summed E-state index contributed by atoms with van der Waals surface area (Å²) in [4.78, 5) is 33.6. The second-order valence-corrected chi connectivity index (χ2v) is 7.12. The summed E-state index contributed by atoms with van der Waals surface area (Å²) in [5.74, 6) is -1.04. The van der Waals surface area contributed by atoms with Gasteiger partial charge >= 0.3 is 5.97 Å². The third-order valence-corrected chi connectivity index (χ3v) is 4.65. The van der Waals surface area contributed by atoms with Crippen molar-refractivity contribution in [3.8, 4) is 0 Å². The number of benzene rings is 2. The van der Waals surface area contributed by atoms with E-state index in [1.807, 2.05) is 24.3 Å². The Morgan fingerprint density at radius 2 is 1.70 bits per heavy atom. The van der Waals surface area contributed by atoms with E-state index in [9.17, 15) is 14.5 Å². The van der Waals surface area contributed by atoms with Crippen LogP contribution in [0.25, 0.3) is 0 Å². The van der Waals surface area contributed by atoms with Crippen LogP contribution in [0.5, 0.6) is 0 Å². The third-order valence-electron chi connectivity index (χ3n) is 4.12. The van der Waals surface area contributed by atoms with Crippen molar-refractivity contribution in [2.75, 3.05) is 5.32 Å². The molecule has 0 heterocycles. The van der Waals surface area contributed by atoms with Crippen LogP contribution in [0.4, 0.5) is 5.69 Å². The number of carboxylic acid groups (broad SMARTS) is 1. The molecule has 0 aliphatic heterocycles. The van der Waals surface area contributed by atoms with E-state index in [2.05, 4.69) is 26.4 Å². The maximum absolute atomic E-state index is 12.1. The summed E-state index contributed by atoms with van der Waals surface area (Å²) < 4.78 is 1.03. The van der Waals surface area contributed by atoms with E-state index >= 15 is 0 Å². The molecule has 1 unspecified atom stereocenters. The van der Waals surface area contributed by atoms with Crippen LogP contribution in [0, 0.1) is 4.91 Å². The molecule has 27 heavy (non-hydrogen) atoms. The summed E-state index contributed by atoms with van der Waals surface area (Å²) in [6.07, 6.45) is 2.02. The standard InChI is InChI=1S/C20H21BrN2O4/c21-16-8-4-14(5-9-16)2-1-3-19(24)22-17-10-6-15(7-11-17)18(23-27)12-13-20(25)26/h4-11,18H,1-3,12-13H2,(H,22,24)(H,25,26). The van der Waals surface area contributed by atoms with Gasteiger partial charge in [0.25, 0.3) is 0 Å². The Morgan fingerprint density at radius 3 is 2.30 bits per heavy atom. The zero-order chi connectivity index (χ0) is 19.6. The lowest BCUT2D eigenvalue weighted by molar-refractivity contribution is -0.137. The Bertz CT molecular complexity index is 776. The van der Waals surface area contributed by atoms with E-state index in [0.29, 0.717) is 17.7 Å². The predicted molar refractivity (Wildman–Crippen MR) is 108 cm³/mol. The van der Waals surface area contributed by atoms with Crippen molar-refractivity contribution >= 4 is 33.5 Å². The second-order valence-electron chi connectivity index (χ2n) is 6.20. The number of aryl methyl sites for hydroxylation is 1. The quantitative estimate of drug-likeness (QED) is 0.511. The molecule has 0 spiro atoms. The van der Waals surface area contributed by atoms with Gasteiger partial charge in [0, 0.05) is 23.0 Å². The van der Waals surface area contributed by atoms with Gasteiger partial charge in [-0.2, -0.15) is 4.91 Å². The van der Waals surface area contributed by atoms with Crippen molar-refractivity contribution in [1.29, 1.82) is 0 Å². The zero-order valence-corrected chi connectivity index (χ0v) is 16.3. The molecule has 2 N–H and O–H groups in total. The smallest absolute Gasteiger partial charge is 0.303 e. The van der Waals surface area contributed by atoms with E-state index in [1.165, 1.54) is 5.56 Å². The first-order chi connectivity index (χ1) is 13.0. The van der Waals surface area contributed by atoms with E-state index < -0.39 is 12.0 Å². The summed E-state index contributed by atoms with van der Waals surface area (Å²) in [6, 6.07) is 14.1. The maximum atomic E-state index is 12.1. The fourth-order valence-electron chi connectivity index (χ4n) is 2.66. The number of carbonyl (C=O) groups is 2. The predicted octanol–water partition coefficient (Wildman–Crippen LogP) is 5.08. The van der Waals surface area contributed by atoms with Crippen LogP contribution in [0.3, 0.4) is 0 Å². The number of anilines is 1. The molecule has 2 rings (SSSR count). The molecule has 6 nitrogen and oxygen atoms in total. The van der Waals surface area contributed by atoms with Crippen LogP contribution in [-0.2, 0) is 16.0 Å². The van der Waals surface area contributed by atoms with Gasteiger partial charge in [0.1, 0.15) is 6.04 Å². The highest BCUT2D eigenvalue weighted by Gasteiger charge is 2.14. The molecule has 0 saturated heterocycles. The van der Waals surface area contributed by atoms with Crippen LogP contribution in [0.1, 0.15) is 42.9 Å². The van der Waals surface area contributed by atoms with Crippen LogP contribution in [0.15, 0.2) is 58.2 Å². The summed E-state index contributed by atoms with van der Waals surface area (Å²) in [5, 5.41) is 14.5. The second kappa shape index (κ2) is 10.6. The SMILES string of the molecule is O=NC(CCC(=O)O)c1ccc(NC(=O)CCCc2ccc(Br)cc2)cc1. The fourth-order valence-corrected chi connectivity index (χ4v) is 2.92. The molecular formula is C20H21BrN2O4. The molecule has 7 heteroatoms. The summed E-state index contributed by atoms with van der Waals surface area (Å²) in [5.41, 5.74) is 2.46. The van der Waals surface area contributed by atoms with Crippen molar-refractivity contribution in [2.45, 2.75) is 38.1 Å². The third kappa shape index (κ3) is 7.30. The highest BCUT2D eigenvalue weighted by molar-refractivity contribution is 9.10. The van der Waals surface area contributed by atoms with Crippen molar-refractivity contribution < 1.29 is 14.7 Å². The fraction of sp³-hybridized carbons (Fsp3) is 0.300.